The predicted octanol–water partition coefficient (Wildman–Crippen LogP) is 24.1. The molecule has 7 heterocycles. The first kappa shape index (κ1) is 65.2. The summed E-state index contributed by atoms with van der Waals surface area (Å²) < 4.78 is 24.1. The van der Waals surface area contributed by atoms with E-state index < -0.39 is 0 Å². The standard InChI is InChI=1S/C16H15NO.2C16H15N.C15H13NO.C15H13N.C14H11N/c1-2-18-12-11-17-15-9-5-3-7-13(15)14-8-4-6-10-16(14)17;1-12(2)11-17-15-9-5-3-7-13(15)14-8-4-6-10-16(14)17;1-4-17-15-7-5-11(2)9-13(15)14-10-12(3)6-8-16(14)17;1-3-7-14-12(5-1)13-6-2-4-8-15(13)16(14)9-11-10-17-11;1-3-16-14-7-5-4-6-12(14)13-10-11(2)8-9-15(13)16;1-2-15-13-9-5-3-7-11(13)12-8-4-6-10-14(12)15/h2-10H,1,11-12H2;3-10H,1,11H2,2H3;4-10H,1H2,2-3H3;1-8,11H,9-10H2;3-10H,1H2,2H3;2-10H,1H2. The van der Waals surface area contributed by atoms with Crippen molar-refractivity contribution in [3.63, 3.8) is 0 Å². The molecule has 12 aromatic carbocycles. The first-order chi connectivity index (χ1) is 49.0. The van der Waals surface area contributed by atoms with Crippen molar-refractivity contribution in [1.29, 1.82) is 0 Å². The zero-order chi connectivity index (χ0) is 68.8. The summed E-state index contributed by atoms with van der Waals surface area (Å²) in [6.07, 6.45) is 7.53. The summed E-state index contributed by atoms with van der Waals surface area (Å²) in [7, 11) is 0. The minimum absolute atomic E-state index is 0.411. The summed E-state index contributed by atoms with van der Waals surface area (Å²) in [6, 6.07) is 96.2. The summed E-state index contributed by atoms with van der Waals surface area (Å²) in [5, 5.41) is 15.7. The number of rotatable bonds is 11. The van der Waals surface area contributed by atoms with Crippen LogP contribution in [0.3, 0.4) is 0 Å². The van der Waals surface area contributed by atoms with E-state index in [1.165, 1.54) is 159 Å². The highest BCUT2D eigenvalue weighted by Crippen LogP contribution is 2.36. The number of fused-ring (bicyclic) bond motifs is 18. The predicted molar refractivity (Wildman–Crippen MR) is 431 cm³/mol. The smallest absolute Gasteiger partial charge is 0.105 e. The van der Waals surface area contributed by atoms with Crippen LogP contribution >= 0.6 is 0 Å². The van der Waals surface area contributed by atoms with Crippen molar-refractivity contribution in [1.82, 2.24) is 27.4 Å². The average molecular weight is 1300 g/mol. The molecule has 0 radical (unpaired) electrons. The molecule has 492 valence electrons. The summed E-state index contributed by atoms with van der Waals surface area (Å²) in [5.41, 5.74) is 20.1. The van der Waals surface area contributed by atoms with Crippen molar-refractivity contribution in [2.24, 2.45) is 0 Å². The molecule has 100 heavy (non-hydrogen) atoms. The van der Waals surface area contributed by atoms with Gasteiger partial charge in [-0.2, -0.15) is 0 Å². The Balaban J connectivity index is 0.000000102. The summed E-state index contributed by atoms with van der Waals surface area (Å²) in [4.78, 5) is 0. The van der Waals surface area contributed by atoms with Gasteiger partial charge in [-0.25, -0.2) is 0 Å². The molecule has 0 aliphatic carbocycles. The lowest BCUT2D eigenvalue weighted by Crippen LogP contribution is -2.03. The molecule has 19 rings (SSSR count). The average Bonchev–Trinajstić information content (AvgIpc) is 1.69. The third-order valence-electron chi connectivity index (χ3n) is 19.0. The Hall–Kier alpha value is -12.1. The van der Waals surface area contributed by atoms with Crippen molar-refractivity contribution in [2.45, 2.75) is 53.4 Å². The molecule has 6 aromatic heterocycles. The van der Waals surface area contributed by atoms with Crippen LogP contribution in [-0.2, 0) is 29.1 Å². The first-order valence-electron chi connectivity index (χ1n) is 34.3. The van der Waals surface area contributed by atoms with Gasteiger partial charge in [-0.05, 0) is 119 Å². The van der Waals surface area contributed by atoms with Gasteiger partial charge in [0.2, 0.25) is 0 Å². The van der Waals surface area contributed by atoms with E-state index in [0.29, 0.717) is 12.7 Å². The third-order valence-corrected chi connectivity index (χ3v) is 19.0. The lowest BCUT2D eigenvalue weighted by atomic mass is 10.1. The number of nitrogens with zero attached hydrogens (tertiary/aromatic N) is 6. The molecule has 1 fully saturated rings. The van der Waals surface area contributed by atoms with Crippen LogP contribution in [-0.4, -0.2) is 46.7 Å². The summed E-state index contributed by atoms with van der Waals surface area (Å²) in [5.74, 6) is 0. The van der Waals surface area contributed by atoms with Gasteiger partial charge in [-0.1, -0.05) is 237 Å². The van der Waals surface area contributed by atoms with Gasteiger partial charge in [0.25, 0.3) is 0 Å². The van der Waals surface area contributed by atoms with Gasteiger partial charge in [-0.3, -0.25) is 0 Å². The van der Waals surface area contributed by atoms with Gasteiger partial charge in [-0.15, -0.1) is 0 Å². The highest BCUT2D eigenvalue weighted by Gasteiger charge is 2.25. The molecule has 1 aliphatic rings. The molecule has 0 spiro atoms. The number of para-hydroxylation sites is 9. The minimum atomic E-state index is 0.411. The van der Waals surface area contributed by atoms with Gasteiger partial charge in [0.1, 0.15) is 6.61 Å². The lowest BCUT2D eigenvalue weighted by molar-refractivity contribution is 0.239. The van der Waals surface area contributed by atoms with Gasteiger partial charge >= 0.3 is 0 Å². The number of aryl methyl sites for hydroxylation is 3. The zero-order valence-corrected chi connectivity index (χ0v) is 57.4. The van der Waals surface area contributed by atoms with E-state index in [1.807, 2.05) is 18.6 Å². The van der Waals surface area contributed by atoms with Crippen LogP contribution in [0.15, 0.2) is 318 Å². The number of hydrogen-bond acceptors (Lipinski definition) is 2. The van der Waals surface area contributed by atoms with Crippen LogP contribution in [0.4, 0.5) is 0 Å². The second-order valence-electron chi connectivity index (χ2n) is 25.7. The molecule has 1 aliphatic heterocycles. The number of aromatic nitrogens is 6. The molecule has 1 saturated heterocycles. The quantitative estimate of drug-likeness (QED) is 0.0561. The van der Waals surface area contributed by atoms with E-state index in [-0.39, 0.29) is 0 Å². The van der Waals surface area contributed by atoms with Crippen LogP contribution in [0.1, 0.15) is 23.6 Å². The maximum atomic E-state index is 5.36. The third kappa shape index (κ3) is 12.8. The van der Waals surface area contributed by atoms with Crippen molar-refractivity contribution in [3.05, 3.63) is 334 Å². The second kappa shape index (κ2) is 28.9. The maximum absolute atomic E-state index is 5.36. The van der Waals surface area contributed by atoms with Crippen molar-refractivity contribution >= 4 is 149 Å². The number of allylic oxidation sites excluding steroid dienone is 1. The van der Waals surface area contributed by atoms with E-state index >= 15 is 0 Å². The molecular weight excluding hydrogens is 1220 g/mol. The summed E-state index contributed by atoms with van der Waals surface area (Å²) in [6.45, 7) is 32.0. The molecule has 0 amide bonds. The highest BCUT2D eigenvalue weighted by atomic mass is 16.6. The van der Waals surface area contributed by atoms with Gasteiger partial charge in [0, 0.05) is 123 Å². The van der Waals surface area contributed by atoms with Crippen molar-refractivity contribution in [2.75, 3.05) is 13.2 Å². The van der Waals surface area contributed by atoms with E-state index in [2.05, 4.69) is 361 Å². The molecule has 0 saturated carbocycles. The number of epoxide rings is 1. The Labute approximate surface area is 584 Å². The topological polar surface area (TPSA) is 51.3 Å². The van der Waals surface area contributed by atoms with Crippen molar-refractivity contribution in [3.8, 4) is 0 Å². The van der Waals surface area contributed by atoms with Gasteiger partial charge in [0.15, 0.2) is 0 Å². The molecular formula is C92H82N6O2. The van der Waals surface area contributed by atoms with Crippen LogP contribution in [0, 0.1) is 20.8 Å². The van der Waals surface area contributed by atoms with E-state index in [9.17, 15) is 0 Å². The Kier molecular flexibility index (Phi) is 18.9. The molecule has 0 N–H and O–H groups in total. The number of benzene rings is 12. The maximum Gasteiger partial charge on any atom is 0.105 e. The second-order valence-corrected chi connectivity index (χ2v) is 25.7. The van der Waals surface area contributed by atoms with E-state index in [1.54, 1.807) is 0 Å². The SMILES string of the molecule is C=C(C)Cn1c2ccccc2c2ccccc21.C=COCCn1c2ccccc2c2ccccc21.C=Cn1c2ccc(C)cc2c2cc(C)ccc21.C=Cn1c2ccccc2c2cc(C)ccc21.C=Cn1c2ccccc2c2ccccc21.c1ccc2c(c1)c1ccccc1n2CC1CO1. The number of ether oxygens (including phenoxy) is 2. The fourth-order valence-corrected chi connectivity index (χ4v) is 14.4. The monoisotopic (exact) mass is 1300 g/mol. The Morgan fingerprint density at radius 1 is 0.350 bits per heavy atom. The van der Waals surface area contributed by atoms with Gasteiger partial charge < -0.3 is 36.9 Å². The summed E-state index contributed by atoms with van der Waals surface area (Å²) >= 11 is 0. The first-order valence-corrected chi connectivity index (χ1v) is 34.3. The Morgan fingerprint density at radius 2 is 0.600 bits per heavy atom. The molecule has 8 nitrogen and oxygen atoms in total. The normalized spacial score (nSPS) is 12.4. The Bertz CT molecular complexity index is 5820. The highest BCUT2D eigenvalue weighted by molar-refractivity contribution is 6.13. The van der Waals surface area contributed by atoms with Crippen LogP contribution in [0.5, 0.6) is 0 Å². The molecule has 0 bridgehead atoms. The molecule has 18 aromatic rings. The van der Waals surface area contributed by atoms with Gasteiger partial charge in [0.05, 0.1) is 65.2 Å². The fraction of sp³-hybridized carbons (Fsp3) is 0.109. The van der Waals surface area contributed by atoms with Crippen LogP contribution in [0.25, 0.3) is 149 Å². The molecule has 1 unspecified atom stereocenters. The zero-order valence-electron chi connectivity index (χ0n) is 57.4. The van der Waals surface area contributed by atoms with Crippen LogP contribution in [0.2, 0.25) is 0 Å². The molecule has 8 heteroatoms. The van der Waals surface area contributed by atoms with Crippen molar-refractivity contribution < 1.29 is 9.47 Å². The number of hydrogen-bond donors (Lipinski definition) is 0. The van der Waals surface area contributed by atoms with E-state index in [4.69, 9.17) is 9.47 Å². The minimum Gasteiger partial charge on any atom is -0.500 e. The van der Waals surface area contributed by atoms with Crippen LogP contribution < -0.4 is 0 Å². The Morgan fingerprint density at radius 3 is 0.890 bits per heavy atom. The van der Waals surface area contributed by atoms with E-state index in [0.717, 1.165) is 26.2 Å². The fourth-order valence-electron chi connectivity index (χ4n) is 14.4. The molecule has 1 atom stereocenters. The largest absolute Gasteiger partial charge is 0.500 e. The lowest BCUT2D eigenvalue weighted by Gasteiger charge is -2.06.